The van der Waals surface area contributed by atoms with Crippen molar-refractivity contribution in [2.75, 3.05) is 20.0 Å². The molecule has 1 amide bonds. The number of benzene rings is 3. The van der Waals surface area contributed by atoms with Crippen molar-refractivity contribution >= 4 is 17.7 Å². The van der Waals surface area contributed by atoms with Crippen LogP contribution in [0.5, 0.6) is 11.5 Å². The van der Waals surface area contributed by atoms with Gasteiger partial charge in [-0.05, 0) is 36.2 Å². The standard InChI is InChI=1S/C24H25NO3S/c1-17-9-11-19(12-10-17)24(18-7-5-4-6-8-18)25-23(26)16-29-20-13-14-21(27-2)22(15-20)28-3/h4-15,24H,16H2,1-3H3,(H,25,26)/t24-/m0/s1. The molecule has 150 valence electrons. The van der Waals surface area contributed by atoms with Gasteiger partial charge in [0.1, 0.15) is 0 Å². The average Bonchev–Trinajstić information content (AvgIpc) is 2.77. The SMILES string of the molecule is COc1ccc(SCC(=O)N[C@@H](c2ccccc2)c2ccc(C)cc2)cc1OC. The minimum Gasteiger partial charge on any atom is -0.493 e. The summed E-state index contributed by atoms with van der Waals surface area (Å²) in [4.78, 5) is 13.7. The number of hydrogen-bond acceptors (Lipinski definition) is 4. The van der Waals surface area contributed by atoms with Crippen molar-refractivity contribution in [1.82, 2.24) is 5.32 Å². The molecule has 1 N–H and O–H groups in total. The van der Waals surface area contributed by atoms with Crippen LogP contribution in [0.2, 0.25) is 0 Å². The molecular weight excluding hydrogens is 382 g/mol. The Morgan fingerprint density at radius 1 is 0.897 bits per heavy atom. The van der Waals surface area contributed by atoms with Gasteiger partial charge < -0.3 is 14.8 Å². The Morgan fingerprint density at radius 2 is 1.55 bits per heavy atom. The number of methoxy groups -OCH3 is 2. The smallest absolute Gasteiger partial charge is 0.231 e. The Balaban J connectivity index is 1.71. The van der Waals surface area contributed by atoms with Gasteiger partial charge in [0.15, 0.2) is 11.5 Å². The number of thioether (sulfide) groups is 1. The maximum absolute atomic E-state index is 12.7. The highest BCUT2D eigenvalue weighted by molar-refractivity contribution is 8.00. The van der Waals surface area contributed by atoms with Crippen molar-refractivity contribution in [1.29, 1.82) is 0 Å². The van der Waals surface area contributed by atoms with Crippen LogP contribution in [0.25, 0.3) is 0 Å². The van der Waals surface area contributed by atoms with Crippen molar-refractivity contribution in [2.24, 2.45) is 0 Å². The summed E-state index contributed by atoms with van der Waals surface area (Å²) in [6.45, 7) is 2.06. The lowest BCUT2D eigenvalue weighted by atomic mass is 9.98. The third-order valence-corrected chi connectivity index (χ3v) is 5.57. The van der Waals surface area contributed by atoms with E-state index in [-0.39, 0.29) is 11.9 Å². The van der Waals surface area contributed by atoms with Crippen molar-refractivity contribution < 1.29 is 14.3 Å². The van der Waals surface area contributed by atoms with Crippen LogP contribution in [0, 0.1) is 6.92 Å². The van der Waals surface area contributed by atoms with Gasteiger partial charge in [0.25, 0.3) is 0 Å². The molecule has 0 fully saturated rings. The van der Waals surface area contributed by atoms with Gasteiger partial charge in [-0.3, -0.25) is 4.79 Å². The molecule has 0 aliphatic carbocycles. The Kier molecular flexibility index (Phi) is 7.19. The third-order valence-electron chi connectivity index (χ3n) is 4.57. The maximum atomic E-state index is 12.7. The average molecular weight is 408 g/mol. The Labute approximate surface area is 176 Å². The van der Waals surface area contributed by atoms with Gasteiger partial charge in [-0.25, -0.2) is 0 Å². The highest BCUT2D eigenvalue weighted by Crippen LogP contribution is 2.32. The van der Waals surface area contributed by atoms with Crippen molar-refractivity contribution in [3.8, 4) is 11.5 Å². The minimum atomic E-state index is -0.185. The van der Waals surface area contributed by atoms with Crippen LogP contribution in [0.1, 0.15) is 22.7 Å². The van der Waals surface area contributed by atoms with E-state index in [9.17, 15) is 4.79 Å². The molecule has 3 aromatic rings. The normalized spacial score (nSPS) is 11.6. The Bertz CT molecular complexity index is 942. The number of ether oxygens (including phenoxy) is 2. The van der Waals surface area contributed by atoms with Gasteiger partial charge in [-0.2, -0.15) is 0 Å². The van der Waals surface area contributed by atoms with E-state index in [0.717, 1.165) is 16.0 Å². The summed E-state index contributed by atoms with van der Waals surface area (Å²) in [6, 6.07) is 23.7. The molecule has 29 heavy (non-hydrogen) atoms. The van der Waals surface area contributed by atoms with E-state index in [4.69, 9.17) is 9.47 Å². The van der Waals surface area contributed by atoms with E-state index in [1.165, 1.54) is 17.3 Å². The highest BCUT2D eigenvalue weighted by Gasteiger charge is 2.17. The van der Waals surface area contributed by atoms with Gasteiger partial charge in [0.2, 0.25) is 5.91 Å². The first-order valence-electron chi connectivity index (χ1n) is 9.36. The Hall–Kier alpha value is -2.92. The van der Waals surface area contributed by atoms with E-state index in [2.05, 4.69) is 36.5 Å². The third kappa shape index (κ3) is 5.55. The molecule has 0 unspecified atom stereocenters. The zero-order valence-corrected chi connectivity index (χ0v) is 17.7. The van der Waals surface area contributed by atoms with E-state index >= 15 is 0 Å². The fraction of sp³-hybridized carbons (Fsp3) is 0.208. The predicted molar refractivity (Wildman–Crippen MR) is 118 cm³/mol. The fourth-order valence-corrected chi connectivity index (χ4v) is 3.76. The van der Waals surface area contributed by atoms with E-state index in [1.807, 2.05) is 48.5 Å². The van der Waals surface area contributed by atoms with Gasteiger partial charge in [0.05, 0.1) is 26.0 Å². The molecule has 4 nitrogen and oxygen atoms in total. The molecule has 1 atom stereocenters. The number of amides is 1. The summed E-state index contributed by atoms with van der Waals surface area (Å²) in [7, 11) is 3.21. The summed E-state index contributed by atoms with van der Waals surface area (Å²) in [5.41, 5.74) is 3.31. The second-order valence-corrected chi connectivity index (χ2v) is 7.68. The van der Waals surface area contributed by atoms with Crippen LogP contribution in [0.15, 0.2) is 77.7 Å². The molecule has 0 aliphatic heterocycles. The van der Waals surface area contributed by atoms with Crippen LogP contribution in [-0.4, -0.2) is 25.9 Å². The lowest BCUT2D eigenvalue weighted by Gasteiger charge is -2.20. The molecule has 3 rings (SSSR count). The molecule has 0 spiro atoms. The second-order valence-electron chi connectivity index (χ2n) is 6.63. The molecular formula is C24H25NO3S. The highest BCUT2D eigenvalue weighted by atomic mass is 32.2. The molecule has 0 heterocycles. The Morgan fingerprint density at radius 3 is 2.21 bits per heavy atom. The zero-order chi connectivity index (χ0) is 20.6. The van der Waals surface area contributed by atoms with Crippen molar-refractivity contribution in [3.05, 3.63) is 89.5 Å². The van der Waals surface area contributed by atoms with Crippen molar-refractivity contribution in [2.45, 2.75) is 17.9 Å². The molecule has 0 radical (unpaired) electrons. The van der Waals surface area contributed by atoms with E-state index in [0.29, 0.717) is 17.3 Å². The second kappa shape index (κ2) is 10.0. The van der Waals surface area contributed by atoms with Crippen LogP contribution in [0.3, 0.4) is 0 Å². The molecule has 0 saturated heterocycles. The summed E-state index contributed by atoms with van der Waals surface area (Å²) < 4.78 is 10.6. The first-order chi connectivity index (χ1) is 14.1. The molecule has 0 aromatic heterocycles. The quantitative estimate of drug-likeness (QED) is 0.533. The number of hydrogen-bond donors (Lipinski definition) is 1. The number of carbonyl (C=O) groups excluding carboxylic acids is 1. The fourth-order valence-electron chi connectivity index (χ4n) is 3.02. The number of aryl methyl sites for hydroxylation is 1. The van der Waals surface area contributed by atoms with Crippen LogP contribution in [0.4, 0.5) is 0 Å². The largest absolute Gasteiger partial charge is 0.493 e. The first-order valence-corrected chi connectivity index (χ1v) is 10.3. The lowest BCUT2D eigenvalue weighted by molar-refractivity contribution is -0.119. The van der Waals surface area contributed by atoms with Gasteiger partial charge in [-0.1, -0.05) is 60.2 Å². The van der Waals surface area contributed by atoms with E-state index < -0.39 is 0 Å². The van der Waals surface area contributed by atoms with Crippen molar-refractivity contribution in [3.63, 3.8) is 0 Å². The van der Waals surface area contributed by atoms with E-state index in [1.54, 1.807) is 14.2 Å². The van der Waals surface area contributed by atoms with Crippen LogP contribution >= 0.6 is 11.8 Å². The summed E-state index contributed by atoms with van der Waals surface area (Å²) in [5, 5.41) is 3.17. The predicted octanol–water partition coefficient (Wildman–Crippen LogP) is 5.01. The summed E-state index contributed by atoms with van der Waals surface area (Å²) >= 11 is 1.46. The summed E-state index contributed by atoms with van der Waals surface area (Å²) in [5.74, 6) is 1.61. The monoisotopic (exact) mass is 407 g/mol. The maximum Gasteiger partial charge on any atom is 0.231 e. The van der Waals surface area contributed by atoms with Gasteiger partial charge >= 0.3 is 0 Å². The molecule has 0 aliphatic rings. The summed E-state index contributed by atoms with van der Waals surface area (Å²) in [6.07, 6.45) is 0. The first kappa shape index (κ1) is 20.8. The van der Waals surface area contributed by atoms with Crippen LogP contribution < -0.4 is 14.8 Å². The molecule has 0 bridgehead atoms. The molecule has 5 heteroatoms. The number of carbonyl (C=O) groups is 1. The number of nitrogens with one attached hydrogen (secondary N) is 1. The molecule has 3 aromatic carbocycles. The number of rotatable bonds is 8. The zero-order valence-electron chi connectivity index (χ0n) is 16.8. The minimum absolute atomic E-state index is 0.0285. The van der Waals surface area contributed by atoms with Gasteiger partial charge in [-0.15, -0.1) is 11.8 Å². The molecule has 0 saturated carbocycles. The lowest BCUT2D eigenvalue weighted by Crippen LogP contribution is -2.30. The van der Waals surface area contributed by atoms with Crippen LogP contribution in [-0.2, 0) is 4.79 Å². The van der Waals surface area contributed by atoms with Gasteiger partial charge in [0, 0.05) is 4.90 Å². The topological polar surface area (TPSA) is 47.6 Å².